The minimum Gasteiger partial charge on any atom is -0.348 e. The predicted octanol–water partition coefficient (Wildman–Crippen LogP) is 4.22. The lowest BCUT2D eigenvalue weighted by Gasteiger charge is -2.10. The summed E-state index contributed by atoms with van der Waals surface area (Å²) in [6.45, 7) is 2.09. The van der Waals surface area contributed by atoms with E-state index in [0.717, 1.165) is 26.7 Å². The first-order chi connectivity index (χ1) is 11.5. The SMILES string of the molecule is Cc1ccc(-c2nc3sc4ccccc4n3c2CC(=O)N(C)C)s1. The molecule has 6 heteroatoms. The van der Waals surface area contributed by atoms with Gasteiger partial charge in [-0.3, -0.25) is 9.20 Å². The van der Waals surface area contributed by atoms with Crippen LogP contribution in [0.2, 0.25) is 0 Å². The molecule has 0 aliphatic carbocycles. The molecule has 4 nitrogen and oxygen atoms in total. The molecule has 3 aromatic heterocycles. The van der Waals surface area contributed by atoms with Gasteiger partial charge >= 0.3 is 0 Å². The fraction of sp³-hybridized carbons (Fsp3) is 0.222. The predicted molar refractivity (Wildman–Crippen MR) is 101 cm³/mol. The molecule has 0 saturated heterocycles. The number of amides is 1. The van der Waals surface area contributed by atoms with Gasteiger partial charge in [0.1, 0.15) is 5.69 Å². The molecule has 1 amide bonds. The van der Waals surface area contributed by atoms with Crippen molar-refractivity contribution >= 4 is 43.8 Å². The van der Waals surface area contributed by atoms with Crippen LogP contribution in [0.25, 0.3) is 25.7 Å². The fourth-order valence-electron chi connectivity index (χ4n) is 2.80. The third-order valence-corrected chi connectivity index (χ3v) is 6.07. The number of para-hydroxylation sites is 1. The number of aromatic nitrogens is 2. The zero-order chi connectivity index (χ0) is 16.8. The van der Waals surface area contributed by atoms with Gasteiger partial charge in [-0.15, -0.1) is 11.3 Å². The van der Waals surface area contributed by atoms with E-state index in [9.17, 15) is 4.79 Å². The van der Waals surface area contributed by atoms with Gasteiger partial charge in [-0.1, -0.05) is 23.5 Å². The molecule has 24 heavy (non-hydrogen) atoms. The summed E-state index contributed by atoms with van der Waals surface area (Å²) in [5.74, 6) is 0.0848. The molecule has 0 fully saturated rings. The van der Waals surface area contributed by atoms with Crippen molar-refractivity contribution in [2.45, 2.75) is 13.3 Å². The molecule has 0 spiro atoms. The monoisotopic (exact) mass is 355 g/mol. The summed E-state index contributed by atoms with van der Waals surface area (Å²) in [6, 6.07) is 12.4. The summed E-state index contributed by atoms with van der Waals surface area (Å²) < 4.78 is 3.33. The summed E-state index contributed by atoms with van der Waals surface area (Å²) in [5, 5.41) is 0. The maximum atomic E-state index is 12.4. The van der Waals surface area contributed by atoms with E-state index >= 15 is 0 Å². The Bertz CT molecular complexity index is 1050. The van der Waals surface area contributed by atoms with Gasteiger partial charge in [0.05, 0.1) is 27.2 Å². The molecular formula is C18H17N3OS2. The summed E-state index contributed by atoms with van der Waals surface area (Å²) in [5.41, 5.74) is 3.02. The number of benzene rings is 1. The number of rotatable bonds is 3. The van der Waals surface area contributed by atoms with E-state index in [-0.39, 0.29) is 5.91 Å². The highest BCUT2D eigenvalue weighted by Gasteiger charge is 2.21. The first-order valence-corrected chi connectivity index (χ1v) is 9.33. The first-order valence-electron chi connectivity index (χ1n) is 7.70. The molecule has 0 aliphatic rings. The Morgan fingerprint density at radius 1 is 1.17 bits per heavy atom. The molecule has 4 aromatic rings. The van der Waals surface area contributed by atoms with Crippen LogP contribution < -0.4 is 0 Å². The third kappa shape index (κ3) is 2.42. The highest BCUT2D eigenvalue weighted by atomic mass is 32.1. The minimum absolute atomic E-state index is 0.0848. The van der Waals surface area contributed by atoms with Crippen molar-refractivity contribution in [1.29, 1.82) is 0 Å². The van der Waals surface area contributed by atoms with Crippen molar-refractivity contribution < 1.29 is 4.79 Å². The molecule has 4 rings (SSSR count). The summed E-state index contributed by atoms with van der Waals surface area (Å²) in [7, 11) is 3.59. The number of hydrogen-bond donors (Lipinski definition) is 0. The number of likely N-dealkylation sites (N-methyl/N-ethyl adjacent to an activating group) is 1. The van der Waals surface area contributed by atoms with Crippen LogP contribution in [-0.2, 0) is 11.2 Å². The van der Waals surface area contributed by atoms with Crippen LogP contribution in [0.5, 0.6) is 0 Å². The molecule has 0 saturated carbocycles. The van der Waals surface area contributed by atoms with Crippen LogP contribution >= 0.6 is 22.7 Å². The molecule has 0 N–H and O–H groups in total. The van der Waals surface area contributed by atoms with Gasteiger partial charge < -0.3 is 4.90 Å². The van der Waals surface area contributed by atoms with Crippen LogP contribution in [0, 0.1) is 6.92 Å². The molecular weight excluding hydrogens is 338 g/mol. The van der Waals surface area contributed by atoms with E-state index in [0.29, 0.717) is 6.42 Å². The lowest BCUT2D eigenvalue weighted by Crippen LogP contribution is -2.24. The molecule has 0 atom stereocenters. The number of nitrogens with zero attached hydrogens (tertiary/aromatic N) is 3. The van der Waals surface area contributed by atoms with Crippen molar-refractivity contribution in [2.75, 3.05) is 14.1 Å². The Labute approximate surface area is 148 Å². The van der Waals surface area contributed by atoms with Crippen LogP contribution in [0.3, 0.4) is 0 Å². The summed E-state index contributed by atoms with van der Waals surface area (Å²) in [4.78, 5) is 22.2. The van der Waals surface area contributed by atoms with Crippen molar-refractivity contribution in [3.05, 3.63) is 47.0 Å². The van der Waals surface area contributed by atoms with E-state index < -0.39 is 0 Å². The van der Waals surface area contributed by atoms with Crippen LogP contribution in [0.1, 0.15) is 10.6 Å². The molecule has 0 bridgehead atoms. The number of carbonyl (C=O) groups excluding carboxylic acids is 1. The lowest BCUT2D eigenvalue weighted by molar-refractivity contribution is -0.128. The van der Waals surface area contributed by atoms with E-state index in [1.165, 1.54) is 9.58 Å². The zero-order valence-corrected chi connectivity index (χ0v) is 15.4. The molecule has 3 heterocycles. The van der Waals surface area contributed by atoms with Gasteiger partial charge in [0.2, 0.25) is 5.91 Å². The van der Waals surface area contributed by atoms with Gasteiger partial charge in [0.15, 0.2) is 4.96 Å². The Morgan fingerprint density at radius 2 is 1.96 bits per heavy atom. The molecule has 1 aromatic carbocycles. The highest BCUT2D eigenvalue weighted by molar-refractivity contribution is 7.23. The van der Waals surface area contributed by atoms with E-state index in [1.54, 1.807) is 41.7 Å². The Balaban J connectivity index is 1.99. The van der Waals surface area contributed by atoms with Gasteiger partial charge in [0.25, 0.3) is 0 Å². The van der Waals surface area contributed by atoms with Crippen molar-refractivity contribution in [3.8, 4) is 10.6 Å². The molecule has 0 radical (unpaired) electrons. The zero-order valence-electron chi connectivity index (χ0n) is 13.7. The number of hydrogen-bond acceptors (Lipinski definition) is 4. The number of fused-ring (bicyclic) bond motifs is 3. The lowest BCUT2D eigenvalue weighted by atomic mass is 10.2. The highest BCUT2D eigenvalue weighted by Crippen LogP contribution is 2.35. The van der Waals surface area contributed by atoms with Crippen LogP contribution in [-0.4, -0.2) is 34.3 Å². The quantitative estimate of drug-likeness (QED) is 0.552. The second kappa shape index (κ2) is 5.72. The smallest absolute Gasteiger partial charge is 0.228 e. The molecule has 0 aliphatic heterocycles. The van der Waals surface area contributed by atoms with E-state index in [1.807, 2.05) is 12.1 Å². The standard InChI is InChI=1S/C18H17N3OS2/c1-11-8-9-15(23-11)17-13(10-16(22)20(2)3)21-12-6-4-5-7-14(12)24-18(21)19-17/h4-9H,10H2,1-3H3. The maximum absolute atomic E-state index is 12.4. The molecule has 0 unspecified atom stereocenters. The normalized spacial score (nSPS) is 11.5. The van der Waals surface area contributed by atoms with E-state index in [4.69, 9.17) is 4.98 Å². The van der Waals surface area contributed by atoms with Gasteiger partial charge in [0, 0.05) is 19.0 Å². The Morgan fingerprint density at radius 3 is 2.67 bits per heavy atom. The number of thiazole rings is 1. The fourth-order valence-corrected chi connectivity index (χ4v) is 4.72. The Hall–Kier alpha value is -2.18. The third-order valence-electron chi connectivity index (χ3n) is 4.04. The largest absolute Gasteiger partial charge is 0.348 e. The number of imidazole rings is 1. The second-order valence-electron chi connectivity index (χ2n) is 5.97. The van der Waals surface area contributed by atoms with Crippen molar-refractivity contribution in [1.82, 2.24) is 14.3 Å². The van der Waals surface area contributed by atoms with Crippen molar-refractivity contribution in [2.24, 2.45) is 0 Å². The minimum atomic E-state index is 0.0848. The summed E-state index contributed by atoms with van der Waals surface area (Å²) in [6.07, 6.45) is 0.348. The van der Waals surface area contributed by atoms with Gasteiger partial charge in [-0.25, -0.2) is 4.98 Å². The summed E-state index contributed by atoms with van der Waals surface area (Å²) >= 11 is 3.38. The first kappa shape index (κ1) is 15.4. The van der Waals surface area contributed by atoms with Crippen LogP contribution in [0.15, 0.2) is 36.4 Å². The Kier molecular flexibility index (Phi) is 3.66. The number of aryl methyl sites for hydroxylation is 1. The average Bonchev–Trinajstić information content (AvgIpc) is 3.21. The van der Waals surface area contributed by atoms with E-state index in [2.05, 4.69) is 35.6 Å². The van der Waals surface area contributed by atoms with Crippen molar-refractivity contribution in [3.63, 3.8) is 0 Å². The average molecular weight is 355 g/mol. The van der Waals surface area contributed by atoms with Gasteiger partial charge in [-0.05, 0) is 31.2 Å². The number of thiophene rings is 1. The second-order valence-corrected chi connectivity index (χ2v) is 8.27. The number of carbonyl (C=O) groups is 1. The van der Waals surface area contributed by atoms with Crippen LogP contribution in [0.4, 0.5) is 0 Å². The topological polar surface area (TPSA) is 37.6 Å². The molecule has 122 valence electrons. The maximum Gasteiger partial charge on any atom is 0.228 e. The van der Waals surface area contributed by atoms with Gasteiger partial charge in [-0.2, -0.15) is 0 Å².